The number of ether oxygens (including phenoxy) is 1. The first-order valence-corrected chi connectivity index (χ1v) is 11.2. The van der Waals surface area contributed by atoms with E-state index in [0.29, 0.717) is 16.7 Å². The van der Waals surface area contributed by atoms with Gasteiger partial charge in [-0.25, -0.2) is 4.98 Å². The molecule has 0 saturated heterocycles. The molecule has 0 fully saturated rings. The van der Waals surface area contributed by atoms with Crippen LogP contribution in [0, 0.1) is 6.92 Å². The zero-order chi connectivity index (χ0) is 22.8. The molecule has 4 aromatic rings. The third-order valence-electron chi connectivity index (χ3n) is 5.39. The number of aromatic nitrogens is 2. The van der Waals surface area contributed by atoms with Crippen molar-refractivity contribution >= 4 is 33.0 Å². The van der Waals surface area contributed by atoms with E-state index in [4.69, 9.17) is 9.72 Å². The van der Waals surface area contributed by atoms with E-state index < -0.39 is 0 Å². The largest absolute Gasteiger partial charge is 0.496 e. The van der Waals surface area contributed by atoms with Crippen molar-refractivity contribution in [3.8, 4) is 17.1 Å². The summed E-state index contributed by atoms with van der Waals surface area (Å²) in [5.41, 5.74) is 4.18. The number of methoxy groups -OCH3 is 1. The molecule has 5 nitrogen and oxygen atoms in total. The zero-order valence-corrected chi connectivity index (χ0v) is 20.1. The van der Waals surface area contributed by atoms with Gasteiger partial charge in [-0.05, 0) is 65.9 Å². The van der Waals surface area contributed by atoms with Gasteiger partial charge in [0.05, 0.1) is 24.2 Å². The minimum absolute atomic E-state index is 0.208. The van der Waals surface area contributed by atoms with Crippen LogP contribution in [0.15, 0.2) is 75.0 Å². The Bertz CT molecular complexity index is 1370. The Balaban J connectivity index is 1.98. The smallest absolute Gasteiger partial charge is 0.282 e. The molecular formula is C26H24BrN3O2. The fourth-order valence-corrected chi connectivity index (χ4v) is 3.91. The van der Waals surface area contributed by atoms with Gasteiger partial charge >= 0.3 is 0 Å². The van der Waals surface area contributed by atoms with Gasteiger partial charge in [0.25, 0.3) is 5.56 Å². The lowest BCUT2D eigenvalue weighted by Gasteiger charge is -2.17. The topological polar surface area (TPSA) is 56.5 Å². The van der Waals surface area contributed by atoms with Crippen LogP contribution in [-0.2, 0) is 0 Å². The number of benzene rings is 3. The summed E-state index contributed by atoms with van der Waals surface area (Å²) in [5.74, 6) is 1.58. The highest BCUT2D eigenvalue weighted by Gasteiger charge is 2.18. The SMILES string of the molecule is COc1cc(C)c(-c2nc3ccccc3c(=O)n2N=Cc2ccc(Br)cc2)cc1C(C)C. The Labute approximate surface area is 195 Å². The van der Waals surface area contributed by atoms with Gasteiger partial charge in [-0.3, -0.25) is 4.79 Å². The minimum atomic E-state index is -0.208. The Morgan fingerprint density at radius 1 is 1.09 bits per heavy atom. The van der Waals surface area contributed by atoms with Gasteiger partial charge in [-0.2, -0.15) is 9.78 Å². The van der Waals surface area contributed by atoms with Gasteiger partial charge in [-0.1, -0.05) is 54.0 Å². The number of rotatable bonds is 5. The highest BCUT2D eigenvalue weighted by atomic mass is 79.9. The van der Waals surface area contributed by atoms with Crippen LogP contribution in [0.5, 0.6) is 5.75 Å². The first-order chi connectivity index (χ1) is 15.4. The number of aryl methyl sites for hydroxylation is 1. The second-order valence-electron chi connectivity index (χ2n) is 7.93. The number of fused-ring (bicyclic) bond motifs is 1. The van der Waals surface area contributed by atoms with Crippen LogP contribution in [0.25, 0.3) is 22.3 Å². The van der Waals surface area contributed by atoms with Crippen molar-refractivity contribution in [3.05, 3.63) is 92.2 Å². The average molecular weight is 490 g/mol. The summed E-state index contributed by atoms with van der Waals surface area (Å²) < 4.78 is 7.97. The van der Waals surface area contributed by atoms with Gasteiger partial charge in [0, 0.05) is 10.0 Å². The molecule has 0 unspecified atom stereocenters. The highest BCUT2D eigenvalue weighted by molar-refractivity contribution is 9.10. The second-order valence-corrected chi connectivity index (χ2v) is 8.85. The molecule has 0 atom stereocenters. The summed E-state index contributed by atoms with van der Waals surface area (Å²) in [6.07, 6.45) is 1.68. The van der Waals surface area contributed by atoms with Gasteiger partial charge in [0.2, 0.25) is 0 Å². The molecule has 0 aliphatic rings. The number of halogens is 1. The maximum atomic E-state index is 13.4. The van der Waals surface area contributed by atoms with Crippen molar-refractivity contribution in [2.75, 3.05) is 7.11 Å². The number of hydrogen-bond acceptors (Lipinski definition) is 4. The first-order valence-electron chi connectivity index (χ1n) is 10.4. The fourth-order valence-electron chi connectivity index (χ4n) is 3.65. The molecule has 0 saturated carbocycles. The molecule has 162 valence electrons. The van der Waals surface area contributed by atoms with E-state index in [1.165, 1.54) is 4.68 Å². The third-order valence-corrected chi connectivity index (χ3v) is 5.91. The lowest BCUT2D eigenvalue weighted by Crippen LogP contribution is -2.20. The number of nitrogens with zero attached hydrogens (tertiary/aromatic N) is 3. The lowest BCUT2D eigenvalue weighted by molar-refractivity contribution is 0.407. The van der Waals surface area contributed by atoms with Crippen LogP contribution in [0.3, 0.4) is 0 Å². The molecule has 0 bridgehead atoms. The Hall–Kier alpha value is -3.25. The molecule has 1 heterocycles. The molecule has 0 spiro atoms. The predicted octanol–water partition coefficient (Wildman–Crippen LogP) is 6.15. The van der Waals surface area contributed by atoms with Crippen LogP contribution in [-0.4, -0.2) is 23.0 Å². The summed E-state index contributed by atoms with van der Waals surface area (Å²) in [4.78, 5) is 18.3. The Morgan fingerprint density at radius 3 is 2.50 bits per heavy atom. The van der Waals surface area contributed by atoms with Crippen LogP contribution in [0.2, 0.25) is 0 Å². The summed E-state index contributed by atoms with van der Waals surface area (Å²) in [5, 5.41) is 5.09. The summed E-state index contributed by atoms with van der Waals surface area (Å²) in [6.45, 7) is 6.22. The molecule has 3 aromatic carbocycles. The van der Waals surface area contributed by atoms with Crippen molar-refractivity contribution in [1.29, 1.82) is 0 Å². The van der Waals surface area contributed by atoms with Gasteiger partial charge in [0.1, 0.15) is 5.75 Å². The predicted molar refractivity (Wildman–Crippen MR) is 134 cm³/mol. The van der Waals surface area contributed by atoms with E-state index in [1.54, 1.807) is 19.4 Å². The van der Waals surface area contributed by atoms with Crippen LogP contribution in [0.1, 0.15) is 36.5 Å². The maximum absolute atomic E-state index is 13.4. The van der Waals surface area contributed by atoms with Gasteiger partial charge in [-0.15, -0.1) is 0 Å². The minimum Gasteiger partial charge on any atom is -0.496 e. The van der Waals surface area contributed by atoms with Gasteiger partial charge in [0.15, 0.2) is 5.82 Å². The zero-order valence-electron chi connectivity index (χ0n) is 18.5. The van der Waals surface area contributed by atoms with Crippen molar-refractivity contribution in [3.63, 3.8) is 0 Å². The van der Waals surface area contributed by atoms with Crippen LogP contribution < -0.4 is 10.3 Å². The number of hydrogen-bond donors (Lipinski definition) is 0. The molecule has 6 heteroatoms. The van der Waals surface area contributed by atoms with E-state index in [-0.39, 0.29) is 11.5 Å². The summed E-state index contributed by atoms with van der Waals surface area (Å²) in [7, 11) is 1.67. The standard InChI is InChI=1S/C26H24BrN3O2/c1-16(2)21-14-22(17(3)13-24(21)32-4)25-29-23-8-6-5-7-20(23)26(31)30(25)28-15-18-9-11-19(27)12-10-18/h5-16H,1-4H3. The van der Waals surface area contributed by atoms with E-state index >= 15 is 0 Å². The first kappa shape index (κ1) is 22.0. The van der Waals surface area contributed by atoms with Crippen molar-refractivity contribution in [1.82, 2.24) is 9.66 Å². The summed E-state index contributed by atoms with van der Waals surface area (Å²) in [6, 6.07) is 19.1. The van der Waals surface area contributed by atoms with E-state index in [0.717, 1.165) is 32.5 Å². The normalized spacial score (nSPS) is 11.6. The fraction of sp³-hybridized carbons (Fsp3) is 0.192. The molecule has 0 amide bonds. The molecule has 1 aromatic heterocycles. The average Bonchev–Trinajstić information content (AvgIpc) is 2.79. The highest BCUT2D eigenvalue weighted by Crippen LogP contribution is 2.34. The van der Waals surface area contributed by atoms with Crippen molar-refractivity contribution < 1.29 is 4.74 Å². The molecule has 4 rings (SSSR count). The van der Waals surface area contributed by atoms with E-state index in [9.17, 15) is 4.79 Å². The second kappa shape index (κ2) is 9.09. The third kappa shape index (κ3) is 4.23. The monoisotopic (exact) mass is 489 g/mol. The van der Waals surface area contributed by atoms with Crippen LogP contribution >= 0.6 is 15.9 Å². The van der Waals surface area contributed by atoms with Crippen molar-refractivity contribution in [2.24, 2.45) is 5.10 Å². The molecule has 0 radical (unpaired) electrons. The molecule has 0 aliphatic carbocycles. The maximum Gasteiger partial charge on any atom is 0.282 e. The van der Waals surface area contributed by atoms with Crippen molar-refractivity contribution in [2.45, 2.75) is 26.7 Å². The molecule has 0 N–H and O–H groups in total. The van der Waals surface area contributed by atoms with E-state index in [1.807, 2.05) is 55.5 Å². The summed E-state index contributed by atoms with van der Waals surface area (Å²) >= 11 is 3.44. The number of para-hydroxylation sites is 1. The Kier molecular flexibility index (Phi) is 6.24. The van der Waals surface area contributed by atoms with Crippen LogP contribution in [0.4, 0.5) is 0 Å². The lowest BCUT2D eigenvalue weighted by atomic mass is 9.96. The quantitative estimate of drug-likeness (QED) is 0.316. The molecule has 0 aliphatic heterocycles. The van der Waals surface area contributed by atoms with Gasteiger partial charge < -0.3 is 4.74 Å². The van der Waals surface area contributed by atoms with E-state index in [2.05, 4.69) is 40.9 Å². The Morgan fingerprint density at radius 2 is 1.81 bits per heavy atom. The molecular weight excluding hydrogens is 466 g/mol. The molecule has 32 heavy (non-hydrogen) atoms.